The highest BCUT2D eigenvalue weighted by Crippen LogP contribution is 2.28. The Labute approximate surface area is 137 Å². The summed E-state index contributed by atoms with van der Waals surface area (Å²) >= 11 is 2.01. The van der Waals surface area contributed by atoms with E-state index in [1.165, 1.54) is 12.1 Å². The topological polar surface area (TPSA) is 92.5 Å². The molecular formula is C14H19IN2O4. The molecule has 2 N–H and O–H groups in total. The quantitative estimate of drug-likeness (QED) is 0.425. The highest BCUT2D eigenvalue weighted by molar-refractivity contribution is 14.1. The maximum Gasteiger partial charge on any atom is 0.305 e. The van der Waals surface area contributed by atoms with Crippen molar-refractivity contribution in [1.82, 2.24) is 0 Å². The normalized spacial score (nSPS) is 12.8. The van der Waals surface area contributed by atoms with Crippen LogP contribution in [0.25, 0.3) is 0 Å². The van der Waals surface area contributed by atoms with Gasteiger partial charge in [-0.15, -0.1) is 0 Å². The Hall–Kier alpha value is -1.38. The second-order valence-electron chi connectivity index (χ2n) is 6.13. The van der Waals surface area contributed by atoms with Gasteiger partial charge in [0.1, 0.15) is 0 Å². The molecule has 7 heteroatoms. The number of nitro groups is 1. The molecule has 116 valence electrons. The van der Waals surface area contributed by atoms with Gasteiger partial charge in [0.25, 0.3) is 5.69 Å². The maximum absolute atomic E-state index is 11.0. The molecule has 0 bridgehead atoms. The van der Waals surface area contributed by atoms with E-state index in [4.69, 9.17) is 5.11 Å². The Bertz CT molecular complexity index is 540. The summed E-state index contributed by atoms with van der Waals surface area (Å²) in [5.74, 6) is -0.867. The van der Waals surface area contributed by atoms with Crippen LogP contribution in [0.2, 0.25) is 0 Å². The minimum absolute atomic E-state index is 0.00430. The Balaban J connectivity index is 2.92. The van der Waals surface area contributed by atoms with Crippen molar-refractivity contribution in [3.63, 3.8) is 0 Å². The molecule has 1 aromatic carbocycles. The van der Waals surface area contributed by atoms with Crippen molar-refractivity contribution < 1.29 is 14.8 Å². The van der Waals surface area contributed by atoms with E-state index in [9.17, 15) is 14.9 Å². The first-order valence-electron chi connectivity index (χ1n) is 6.51. The van der Waals surface area contributed by atoms with E-state index < -0.39 is 10.9 Å². The average Bonchev–Trinajstić information content (AvgIpc) is 2.28. The standard InChI is InChI=1S/C14H19IN2O4/c1-14(2,3)8-9(6-13(18)19)16-12-5-4-10(17(20)21)7-11(12)15/h4-5,7,9,16H,6,8H2,1-3H3,(H,18,19). The highest BCUT2D eigenvalue weighted by Gasteiger charge is 2.22. The largest absolute Gasteiger partial charge is 0.481 e. The van der Waals surface area contributed by atoms with Gasteiger partial charge >= 0.3 is 5.97 Å². The second kappa shape index (κ2) is 7.06. The third-order valence-corrected chi connectivity index (χ3v) is 3.70. The van der Waals surface area contributed by atoms with E-state index in [0.717, 1.165) is 5.69 Å². The minimum Gasteiger partial charge on any atom is -0.481 e. The minimum atomic E-state index is -0.867. The molecule has 1 rings (SSSR count). The summed E-state index contributed by atoms with van der Waals surface area (Å²) in [4.78, 5) is 21.3. The zero-order valence-electron chi connectivity index (χ0n) is 12.2. The summed E-state index contributed by atoms with van der Waals surface area (Å²) in [5.41, 5.74) is 0.728. The Morgan fingerprint density at radius 3 is 2.52 bits per heavy atom. The van der Waals surface area contributed by atoms with Gasteiger partial charge in [-0.1, -0.05) is 20.8 Å². The molecule has 1 aromatic rings. The molecule has 0 radical (unpaired) electrons. The average molecular weight is 406 g/mol. The van der Waals surface area contributed by atoms with Crippen LogP contribution in [0.3, 0.4) is 0 Å². The smallest absolute Gasteiger partial charge is 0.305 e. The molecule has 0 heterocycles. The molecule has 0 aliphatic heterocycles. The van der Waals surface area contributed by atoms with Gasteiger partial charge in [-0.3, -0.25) is 14.9 Å². The van der Waals surface area contributed by atoms with Crippen LogP contribution in [0.1, 0.15) is 33.6 Å². The summed E-state index contributed by atoms with van der Waals surface area (Å²) in [6.45, 7) is 6.14. The summed E-state index contributed by atoms with van der Waals surface area (Å²) in [5, 5.41) is 22.9. The lowest BCUT2D eigenvalue weighted by Gasteiger charge is -2.27. The van der Waals surface area contributed by atoms with Gasteiger partial charge in [-0.25, -0.2) is 0 Å². The van der Waals surface area contributed by atoms with Crippen molar-refractivity contribution in [2.24, 2.45) is 5.41 Å². The Morgan fingerprint density at radius 1 is 1.48 bits per heavy atom. The molecule has 0 fully saturated rings. The predicted molar refractivity (Wildman–Crippen MR) is 89.5 cm³/mol. The number of benzene rings is 1. The number of hydrogen-bond donors (Lipinski definition) is 2. The summed E-state index contributed by atoms with van der Waals surface area (Å²) < 4.78 is 0.700. The molecule has 1 unspecified atom stereocenters. The molecular weight excluding hydrogens is 387 g/mol. The highest BCUT2D eigenvalue weighted by atomic mass is 127. The monoisotopic (exact) mass is 406 g/mol. The molecule has 1 atom stereocenters. The summed E-state index contributed by atoms with van der Waals surface area (Å²) in [6.07, 6.45) is 0.691. The molecule has 21 heavy (non-hydrogen) atoms. The molecule has 0 aliphatic carbocycles. The fourth-order valence-corrected chi connectivity index (χ4v) is 2.73. The number of carbonyl (C=O) groups is 1. The van der Waals surface area contributed by atoms with E-state index in [-0.39, 0.29) is 23.6 Å². The summed E-state index contributed by atoms with van der Waals surface area (Å²) in [6, 6.07) is 4.28. The first-order valence-corrected chi connectivity index (χ1v) is 7.58. The van der Waals surface area contributed by atoms with Crippen LogP contribution in [-0.2, 0) is 4.79 Å². The number of hydrogen-bond acceptors (Lipinski definition) is 4. The van der Waals surface area contributed by atoms with Crippen LogP contribution in [0.15, 0.2) is 18.2 Å². The van der Waals surface area contributed by atoms with Crippen molar-refractivity contribution in [3.05, 3.63) is 31.9 Å². The third-order valence-electron chi connectivity index (χ3n) is 2.80. The first-order chi connectivity index (χ1) is 9.58. The van der Waals surface area contributed by atoms with E-state index in [1.54, 1.807) is 6.07 Å². The van der Waals surface area contributed by atoms with Gasteiger partial charge in [0.05, 0.1) is 11.3 Å². The van der Waals surface area contributed by atoms with Crippen LogP contribution in [-0.4, -0.2) is 22.0 Å². The number of nitro benzene ring substituents is 1. The van der Waals surface area contributed by atoms with Crippen molar-refractivity contribution in [2.45, 2.75) is 39.7 Å². The van der Waals surface area contributed by atoms with Gasteiger partial charge in [0, 0.05) is 27.4 Å². The zero-order chi connectivity index (χ0) is 16.2. The lowest BCUT2D eigenvalue weighted by atomic mass is 9.87. The van der Waals surface area contributed by atoms with Crippen LogP contribution < -0.4 is 5.32 Å². The molecule has 0 aliphatic rings. The van der Waals surface area contributed by atoms with Crippen molar-refractivity contribution in [2.75, 3.05) is 5.32 Å². The van der Waals surface area contributed by atoms with E-state index in [1.807, 2.05) is 43.4 Å². The van der Waals surface area contributed by atoms with E-state index >= 15 is 0 Å². The molecule has 6 nitrogen and oxygen atoms in total. The number of rotatable bonds is 6. The Morgan fingerprint density at radius 2 is 2.10 bits per heavy atom. The van der Waals surface area contributed by atoms with Crippen LogP contribution in [0, 0.1) is 19.1 Å². The van der Waals surface area contributed by atoms with Crippen molar-refractivity contribution >= 4 is 39.9 Å². The number of aliphatic carboxylic acids is 1. The number of non-ortho nitro benzene ring substituents is 1. The fraction of sp³-hybridized carbons (Fsp3) is 0.500. The van der Waals surface area contributed by atoms with Crippen molar-refractivity contribution in [1.29, 1.82) is 0 Å². The number of nitrogens with zero attached hydrogens (tertiary/aromatic N) is 1. The Kier molecular flexibility index (Phi) is 5.94. The number of anilines is 1. The zero-order valence-corrected chi connectivity index (χ0v) is 14.4. The molecule has 0 saturated carbocycles. The number of halogens is 1. The first kappa shape index (κ1) is 17.7. The second-order valence-corrected chi connectivity index (χ2v) is 7.29. The molecule has 0 saturated heterocycles. The van der Waals surface area contributed by atoms with Crippen LogP contribution >= 0.6 is 22.6 Å². The van der Waals surface area contributed by atoms with E-state index in [0.29, 0.717) is 9.99 Å². The lowest BCUT2D eigenvalue weighted by Crippen LogP contribution is -2.28. The predicted octanol–water partition coefficient (Wildman–Crippen LogP) is 3.89. The number of carboxylic acid groups (broad SMARTS) is 1. The fourth-order valence-electron chi connectivity index (χ4n) is 2.08. The molecule has 0 spiro atoms. The number of nitrogens with one attached hydrogen (secondary N) is 1. The van der Waals surface area contributed by atoms with Gasteiger partial charge in [-0.05, 0) is 40.5 Å². The van der Waals surface area contributed by atoms with Crippen molar-refractivity contribution in [3.8, 4) is 0 Å². The molecule has 0 aromatic heterocycles. The SMILES string of the molecule is CC(C)(C)CC(CC(=O)O)Nc1ccc([N+](=O)[O-])cc1I. The van der Waals surface area contributed by atoms with Gasteiger partial charge in [-0.2, -0.15) is 0 Å². The van der Waals surface area contributed by atoms with Gasteiger partial charge in [0.2, 0.25) is 0 Å². The van der Waals surface area contributed by atoms with Crippen LogP contribution in [0.5, 0.6) is 0 Å². The lowest BCUT2D eigenvalue weighted by molar-refractivity contribution is -0.384. The summed E-state index contributed by atoms with van der Waals surface area (Å²) in [7, 11) is 0. The molecule has 0 amide bonds. The van der Waals surface area contributed by atoms with E-state index in [2.05, 4.69) is 5.32 Å². The maximum atomic E-state index is 11.0. The van der Waals surface area contributed by atoms with Gasteiger partial charge < -0.3 is 10.4 Å². The third kappa shape index (κ3) is 6.28. The van der Waals surface area contributed by atoms with Crippen LogP contribution in [0.4, 0.5) is 11.4 Å². The van der Waals surface area contributed by atoms with Gasteiger partial charge in [0.15, 0.2) is 0 Å². The number of carboxylic acids is 1.